The number of benzene rings is 1. The smallest absolute Gasteiger partial charge is 0.240 e. The maximum atomic E-state index is 12.3. The minimum atomic E-state index is -3.45. The van der Waals surface area contributed by atoms with Crippen molar-refractivity contribution in [2.24, 2.45) is 17.1 Å². The molecule has 116 valence electrons. The first-order valence-electron chi connectivity index (χ1n) is 7.12. The summed E-state index contributed by atoms with van der Waals surface area (Å²) >= 11 is 4.84. The van der Waals surface area contributed by atoms with E-state index in [1.807, 2.05) is 0 Å². The van der Waals surface area contributed by atoms with Crippen molar-refractivity contribution in [3.63, 3.8) is 0 Å². The van der Waals surface area contributed by atoms with Gasteiger partial charge in [0, 0.05) is 13.0 Å². The fraction of sp³-hybridized carbons (Fsp3) is 0.533. The second-order valence-corrected chi connectivity index (χ2v) is 8.42. The summed E-state index contributed by atoms with van der Waals surface area (Å²) in [6, 6.07) is 6.71. The van der Waals surface area contributed by atoms with E-state index in [4.69, 9.17) is 18.0 Å². The van der Waals surface area contributed by atoms with Crippen LogP contribution < -0.4 is 10.5 Å². The SMILES string of the molecule is CC(C)C1(CNS(=O)(=O)c2ccc(CC(N)=S)cc2)CC1. The van der Waals surface area contributed by atoms with Crippen LogP contribution in [0.15, 0.2) is 29.2 Å². The molecule has 0 unspecified atom stereocenters. The lowest BCUT2D eigenvalue weighted by atomic mass is 9.93. The van der Waals surface area contributed by atoms with E-state index in [1.165, 1.54) is 0 Å². The number of nitrogens with two attached hydrogens (primary N) is 1. The first kappa shape index (κ1) is 16.4. The highest BCUT2D eigenvalue weighted by Gasteiger charge is 2.45. The van der Waals surface area contributed by atoms with E-state index in [9.17, 15) is 8.42 Å². The maximum Gasteiger partial charge on any atom is 0.240 e. The molecule has 2 rings (SSSR count). The standard InChI is InChI=1S/C15H22N2O2S2/c1-11(2)15(7-8-15)10-17-21(18,19)13-5-3-12(4-6-13)9-14(16)20/h3-6,11,17H,7-10H2,1-2H3,(H2,16,20). The largest absolute Gasteiger partial charge is 0.393 e. The average Bonchev–Trinajstić information content (AvgIpc) is 3.18. The molecule has 0 aromatic heterocycles. The third-order valence-electron chi connectivity index (χ3n) is 4.34. The molecule has 0 heterocycles. The first-order valence-corrected chi connectivity index (χ1v) is 9.01. The highest BCUT2D eigenvalue weighted by atomic mass is 32.2. The number of nitrogens with one attached hydrogen (secondary N) is 1. The van der Waals surface area contributed by atoms with Crippen LogP contribution in [0.5, 0.6) is 0 Å². The van der Waals surface area contributed by atoms with Gasteiger partial charge in [-0.3, -0.25) is 0 Å². The molecule has 0 spiro atoms. The molecule has 3 N–H and O–H groups in total. The van der Waals surface area contributed by atoms with Gasteiger partial charge in [-0.05, 0) is 41.9 Å². The molecular formula is C15H22N2O2S2. The Bertz CT molecular complexity index is 618. The van der Waals surface area contributed by atoms with Crippen molar-refractivity contribution in [2.45, 2.75) is 38.0 Å². The van der Waals surface area contributed by atoms with Crippen LogP contribution in [-0.2, 0) is 16.4 Å². The number of thiocarbonyl (C=S) groups is 1. The zero-order valence-corrected chi connectivity index (χ0v) is 14.1. The third kappa shape index (κ3) is 4.02. The van der Waals surface area contributed by atoms with E-state index in [0.29, 0.717) is 23.9 Å². The minimum Gasteiger partial charge on any atom is -0.393 e. The first-order chi connectivity index (χ1) is 9.75. The molecule has 1 saturated carbocycles. The molecule has 1 aliphatic carbocycles. The average molecular weight is 326 g/mol. The van der Waals surface area contributed by atoms with Crippen molar-refractivity contribution in [3.05, 3.63) is 29.8 Å². The van der Waals surface area contributed by atoms with Crippen molar-refractivity contribution in [2.75, 3.05) is 6.54 Å². The van der Waals surface area contributed by atoms with E-state index in [2.05, 4.69) is 18.6 Å². The van der Waals surface area contributed by atoms with Crippen molar-refractivity contribution >= 4 is 27.2 Å². The van der Waals surface area contributed by atoms with Gasteiger partial charge in [-0.25, -0.2) is 13.1 Å². The lowest BCUT2D eigenvalue weighted by molar-refractivity contribution is 0.357. The molecule has 1 aromatic rings. The van der Waals surface area contributed by atoms with E-state index in [0.717, 1.165) is 18.4 Å². The highest BCUT2D eigenvalue weighted by Crippen LogP contribution is 2.51. The van der Waals surface area contributed by atoms with Crippen LogP contribution in [0.3, 0.4) is 0 Å². The molecule has 0 amide bonds. The molecule has 0 aliphatic heterocycles. The van der Waals surface area contributed by atoms with Crippen LogP contribution >= 0.6 is 12.2 Å². The molecule has 4 nitrogen and oxygen atoms in total. The van der Waals surface area contributed by atoms with Gasteiger partial charge in [0.2, 0.25) is 10.0 Å². The number of rotatable bonds is 7. The van der Waals surface area contributed by atoms with Crippen molar-refractivity contribution in [3.8, 4) is 0 Å². The summed E-state index contributed by atoms with van der Waals surface area (Å²) in [5.41, 5.74) is 6.55. The number of hydrogen-bond donors (Lipinski definition) is 2. The van der Waals surface area contributed by atoms with Gasteiger partial charge in [0.1, 0.15) is 0 Å². The Balaban J connectivity index is 2.04. The normalized spacial score (nSPS) is 16.9. The van der Waals surface area contributed by atoms with Crippen LogP contribution in [0.25, 0.3) is 0 Å². The van der Waals surface area contributed by atoms with E-state index in [1.54, 1.807) is 24.3 Å². The van der Waals surface area contributed by atoms with Crippen molar-refractivity contribution in [1.82, 2.24) is 4.72 Å². The summed E-state index contributed by atoms with van der Waals surface area (Å²) in [6.45, 7) is 4.80. The fourth-order valence-corrected chi connectivity index (χ4v) is 3.73. The molecule has 0 saturated heterocycles. The summed E-state index contributed by atoms with van der Waals surface area (Å²) in [4.78, 5) is 0.685. The van der Waals surface area contributed by atoms with Crippen molar-refractivity contribution < 1.29 is 8.42 Å². The Morgan fingerprint density at radius 1 is 1.33 bits per heavy atom. The Morgan fingerprint density at radius 3 is 2.33 bits per heavy atom. The Kier molecular flexibility index (Phi) is 4.70. The van der Waals surface area contributed by atoms with E-state index >= 15 is 0 Å². The van der Waals surface area contributed by atoms with Gasteiger partial charge < -0.3 is 5.73 Å². The molecule has 21 heavy (non-hydrogen) atoms. The summed E-state index contributed by atoms with van der Waals surface area (Å²) in [5, 5.41) is 0. The Hall–Kier alpha value is -0.980. The van der Waals surface area contributed by atoms with Gasteiger partial charge in [0.05, 0.1) is 9.88 Å². The summed E-state index contributed by atoms with van der Waals surface area (Å²) in [7, 11) is -3.45. The van der Waals surface area contributed by atoms with Gasteiger partial charge in [-0.2, -0.15) is 0 Å². The zero-order valence-electron chi connectivity index (χ0n) is 12.4. The topological polar surface area (TPSA) is 72.2 Å². The molecule has 1 fully saturated rings. The molecule has 1 aliphatic rings. The second-order valence-electron chi connectivity index (χ2n) is 6.13. The molecule has 0 radical (unpaired) electrons. The Labute approximate surface area is 132 Å². The highest BCUT2D eigenvalue weighted by molar-refractivity contribution is 7.89. The Morgan fingerprint density at radius 2 is 1.90 bits per heavy atom. The number of sulfonamides is 1. The van der Waals surface area contributed by atoms with Gasteiger partial charge in [0.25, 0.3) is 0 Å². The summed E-state index contributed by atoms with van der Waals surface area (Å²) in [6.07, 6.45) is 2.68. The molecule has 6 heteroatoms. The summed E-state index contributed by atoms with van der Waals surface area (Å²) < 4.78 is 27.3. The molecule has 0 atom stereocenters. The monoisotopic (exact) mass is 326 g/mol. The van der Waals surface area contributed by atoms with Crippen LogP contribution in [0.1, 0.15) is 32.3 Å². The molecule has 0 bridgehead atoms. The van der Waals surface area contributed by atoms with Gasteiger partial charge >= 0.3 is 0 Å². The predicted molar refractivity (Wildman–Crippen MR) is 88.6 cm³/mol. The van der Waals surface area contributed by atoms with E-state index in [-0.39, 0.29) is 10.3 Å². The van der Waals surface area contributed by atoms with Crippen LogP contribution in [0.4, 0.5) is 0 Å². The third-order valence-corrected chi connectivity index (χ3v) is 5.90. The molecule has 1 aromatic carbocycles. The fourth-order valence-electron chi connectivity index (χ4n) is 2.43. The lowest BCUT2D eigenvalue weighted by Crippen LogP contribution is -2.32. The minimum absolute atomic E-state index is 0.152. The van der Waals surface area contributed by atoms with Gasteiger partial charge in [-0.1, -0.05) is 38.2 Å². The van der Waals surface area contributed by atoms with Crippen LogP contribution in [0, 0.1) is 11.3 Å². The predicted octanol–water partition coefficient (Wildman–Crippen LogP) is 2.23. The second kappa shape index (κ2) is 6.02. The zero-order chi connectivity index (χ0) is 15.7. The van der Waals surface area contributed by atoms with Crippen LogP contribution in [-0.4, -0.2) is 20.0 Å². The van der Waals surface area contributed by atoms with Crippen molar-refractivity contribution in [1.29, 1.82) is 0 Å². The molecular weight excluding hydrogens is 304 g/mol. The maximum absolute atomic E-state index is 12.3. The van der Waals surface area contributed by atoms with E-state index < -0.39 is 10.0 Å². The quantitative estimate of drug-likeness (QED) is 0.754. The number of hydrogen-bond acceptors (Lipinski definition) is 3. The van der Waals surface area contributed by atoms with Gasteiger partial charge in [-0.15, -0.1) is 0 Å². The summed E-state index contributed by atoms with van der Waals surface area (Å²) in [5.74, 6) is 0.494. The lowest BCUT2D eigenvalue weighted by Gasteiger charge is -2.20. The van der Waals surface area contributed by atoms with Gasteiger partial charge in [0.15, 0.2) is 0 Å². The van der Waals surface area contributed by atoms with Crippen LogP contribution in [0.2, 0.25) is 0 Å².